The highest BCUT2D eigenvalue weighted by Gasteiger charge is 2.28. The van der Waals surface area contributed by atoms with Crippen molar-refractivity contribution < 1.29 is 14.3 Å². The van der Waals surface area contributed by atoms with E-state index in [-0.39, 0.29) is 18.2 Å². The lowest BCUT2D eigenvalue weighted by molar-refractivity contribution is 0.0937. The number of amides is 1. The number of carbonyl (C=O) groups is 1. The summed E-state index contributed by atoms with van der Waals surface area (Å²) in [5, 5.41) is 2.94. The highest BCUT2D eigenvalue weighted by molar-refractivity contribution is 5.95. The van der Waals surface area contributed by atoms with Gasteiger partial charge in [-0.1, -0.05) is 19.3 Å². The summed E-state index contributed by atoms with van der Waals surface area (Å²) in [7, 11) is 0. The molecule has 1 aliphatic heterocycles. The van der Waals surface area contributed by atoms with Gasteiger partial charge in [0.2, 0.25) is 6.79 Å². The predicted octanol–water partition coefficient (Wildman–Crippen LogP) is 1.81. The second-order valence-corrected chi connectivity index (χ2v) is 5.67. The average molecular weight is 276 g/mol. The second-order valence-electron chi connectivity index (χ2n) is 5.67. The van der Waals surface area contributed by atoms with Crippen molar-refractivity contribution in [3.63, 3.8) is 0 Å². The van der Waals surface area contributed by atoms with Crippen LogP contribution in [0.15, 0.2) is 18.2 Å². The van der Waals surface area contributed by atoms with Crippen LogP contribution in [-0.4, -0.2) is 24.8 Å². The molecule has 20 heavy (non-hydrogen) atoms. The van der Waals surface area contributed by atoms with E-state index in [2.05, 4.69) is 5.32 Å². The fourth-order valence-corrected chi connectivity index (χ4v) is 2.83. The molecule has 0 radical (unpaired) electrons. The summed E-state index contributed by atoms with van der Waals surface area (Å²) < 4.78 is 10.5. The van der Waals surface area contributed by atoms with Gasteiger partial charge in [0.05, 0.1) is 0 Å². The number of benzene rings is 1. The van der Waals surface area contributed by atoms with E-state index in [9.17, 15) is 4.79 Å². The lowest BCUT2D eigenvalue weighted by Gasteiger charge is -2.33. The van der Waals surface area contributed by atoms with Gasteiger partial charge >= 0.3 is 0 Å². The molecule has 1 saturated carbocycles. The molecule has 0 unspecified atom stereocenters. The molecule has 1 aliphatic carbocycles. The van der Waals surface area contributed by atoms with Crippen molar-refractivity contribution in [3.8, 4) is 11.5 Å². The van der Waals surface area contributed by atoms with Crippen molar-refractivity contribution in [2.24, 2.45) is 5.73 Å². The first-order chi connectivity index (χ1) is 9.66. The molecule has 0 spiro atoms. The molecule has 1 aromatic rings. The van der Waals surface area contributed by atoms with Crippen molar-refractivity contribution in [1.29, 1.82) is 0 Å². The van der Waals surface area contributed by atoms with Crippen LogP contribution in [-0.2, 0) is 0 Å². The highest BCUT2D eigenvalue weighted by atomic mass is 16.7. The number of nitrogens with two attached hydrogens (primary N) is 1. The summed E-state index contributed by atoms with van der Waals surface area (Å²) >= 11 is 0. The number of nitrogens with one attached hydrogen (secondary N) is 1. The van der Waals surface area contributed by atoms with E-state index in [4.69, 9.17) is 15.2 Å². The zero-order valence-corrected chi connectivity index (χ0v) is 11.5. The number of fused-ring (bicyclic) bond motifs is 1. The fourth-order valence-electron chi connectivity index (χ4n) is 2.83. The maximum Gasteiger partial charge on any atom is 0.251 e. The first kappa shape index (κ1) is 13.2. The van der Waals surface area contributed by atoms with E-state index in [0.717, 1.165) is 25.7 Å². The molecule has 3 rings (SSSR count). The summed E-state index contributed by atoms with van der Waals surface area (Å²) in [6, 6.07) is 5.21. The number of ether oxygens (including phenoxy) is 2. The first-order valence-corrected chi connectivity index (χ1v) is 7.13. The van der Waals surface area contributed by atoms with E-state index >= 15 is 0 Å². The van der Waals surface area contributed by atoms with Crippen molar-refractivity contribution in [2.75, 3.05) is 13.3 Å². The Morgan fingerprint density at radius 3 is 2.75 bits per heavy atom. The number of rotatable bonds is 3. The molecule has 1 fully saturated rings. The Hall–Kier alpha value is -1.75. The van der Waals surface area contributed by atoms with Crippen LogP contribution in [0.25, 0.3) is 0 Å². The van der Waals surface area contributed by atoms with Gasteiger partial charge in [-0.3, -0.25) is 4.79 Å². The van der Waals surface area contributed by atoms with Crippen LogP contribution in [0.5, 0.6) is 11.5 Å². The number of hydrogen-bond donors (Lipinski definition) is 2. The van der Waals surface area contributed by atoms with Crippen molar-refractivity contribution in [3.05, 3.63) is 23.8 Å². The Labute approximate surface area is 118 Å². The minimum absolute atomic E-state index is 0.112. The van der Waals surface area contributed by atoms with E-state index in [1.165, 1.54) is 6.42 Å². The van der Waals surface area contributed by atoms with Crippen LogP contribution in [0, 0.1) is 0 Å². The molecule has 0 aromatic heterocycles. The molecule has 3 N–H and O–H groups in total. The predicted molar refractivity (Wildman–Crippen MR) is 74.9 cm³/mol. The normalized spacial score (nSPS) is 19.6. The maximum absolute atomic E-state index is 12.2. The Bertz CT molecular complexity index is 510. The van der Waals surface area contributed by atoms with Crippen LogP contribution in [0.3, 0.4) is 0 Å². The van der Waals surface area contributed by atoms with E-state index in [1.54, 1.807) is 18.2 Å². The van der Waals surface area contributed by atoms with Gasteiger partial charge in [0, 0.05) is 17.6 Å². The fraction of sp³-hybridized carbons (Fsp3) is 0.533. The van der Waals surface area contributed by atoms with Crippen LogP contribution < -0.4 is 20.5 Å². The van der Waals surface area contributed by atoms with Gasteiger partial charge in [0.15, 0.2) is 11.5 Å². The van der Waals surface area contributed by atoms with Gasteiger partial charge in [-0.05, 0) is 31.0 Å². The summed E-state index contributed by atoms with van der Waals surface area (Å²) in [5.41, 5.74) is 6.65. The van der Waals surface area contributed by atoms with Gasteiger partial charge in [-0.2, -0.15) is 0 Å². The minimum Gasteiger partial charge on any atom is -0.454 e. The third-order valence-corrected chi connectivity index (χ3v) is 4.09. The molecule has 0 atom stereocenters. The molecular weight excluding hydrogens is 256 g/mol. The zero-order chi connectivity index (χ0) is 14.0. The maximum atomic E-state index is 12.2. The topological polar surface area (TPSA) is 73.6 Å². The molecular formula is C15H20N2O3. The third kappa shape index (κ3) is 2.72. The van der Waals surface area contributed by atoms with Crippen LogP contribution >= 0.6 is 0 Å². The van der Waals surface area contributed by atoms with Crippen molar-refractivity contribution in [1.82, 2.24) is 5.32 Å². The highest BCUT2D eigenvalue weighted by Crippen LogP contribution is 2.32. The first-order valence-electron chi connectivity index (χ1n) is 7.13. The quantitative estimate of drug-likeness (QED) is 0.883. The minimum atomic E-state index is -0.246. The van der Waals surface area contributed by atoms with E-state index in [1.807, 2.05) is 0 Å². The largest absolute Gasteiger partial charge is 0.454 e. The van der Waals surface area contributed by atoms with Gasteiger partial charge in [-0.15, -0.1) is 0 Å². The smallest absolute Gasteiger partial charge is 0.251 e. The Balaban J connectivity index is 1.61. The monoisotopic (exact) mass is 276 g/mol. The van der Waals surface area contributed by atoms with Gasteiger partial charge in [-0.25, -0.2) is 0 Å². The average Bonchev–Trinajstić information content (AvgIpc) is 2.93. The molecule has 108 valence electrons. The SMILES string of the molecule is NC1(CNC(=O)c2ccc3c(c2)OCO3)CCCCC1. The van der Waals surface area contributed by atoms with Crippen LogP contribution in [0.2, 0.25) is 0 Å². The number of carbonyl (C=O) groups excluding carboxylic acids is 1. The lowest BCUT2D eigenvalue weighted by Crippen LogP contribution is -2.51. The Kier molecular flexibility index (Phi) is 3.53. The second kappa shape index (κ2) is 5.32. The molecule has 0 bridgehead atoms. The van der Waals surface area contributed by atoms with Crippen LogP contribution in [0.4, 0.5) is 0 Å². The third-order valence-electron chi connectivity index (χ3n) is 4.09. The molecule has 5 nitrogen and oxygen atoms in total. The summed E-state index contributed by atoms with van der Waals surface area (Å²) in [5.74, 6) is 1.20. The van der Waals surface area contributed by atoms with Crippen LogP contribution in [0.1, 0.15) is 42.5 Å². The molecule has 5 heteroatoms. The van der Waals surface area contributed by atoms with Gasteiger partial charge in [0.1, 0.15) is 0 Å². The molecule has 0 saturated heterocycles. The lowest BCUT2D eigenvalue weighted by atomic mass is 9.82. The Morgan fingerprint density at radius 2 is 1.95 bits per heavy atom. The van der Waals surface area contributed by atoms with E-state index < -0.39 is 0 Å². The summed E-state index contributed by atoms with van der Waals surface area (Å²) in [4.78, 5) is 12.2. The van der Waals surface area contributed by atoms with E-state index in [0.29, 0.717) is 23.6 Å². The molecule has 1 heterocycles. The summed E-state index contributed by atoms with van der Waals surface area (Å²) in [6.45, 7) is 0.743. The zero-order valence-electron chi connectivity index (χ0n) is 11.5. The number of hydrogen-bond acceptors (Lipinski definition) is 4. The van der Waals surface area contributed by atoms with Gasteiger partial charge < -0.3 is 20.5 Å². The molecule has 1 aromatic carbocycles. The van der Waals surface area contributed by atoms with Crippen molar-refractivity contribution >= 4 is 5.91 Å². The Morgan fingerprint density at radius 1 is 1.20 bits per heavy atom. The standard InChI is InChI=1S/C15H20N2O3/c16-15(6-2-1-3-7-15)9-17-14(18)11-4-5-12-13(8-11)20-10-19-12/h4-5,8H,1-3,6-7,9-10,16H2,(H,17,18). The van der Waals surface area contributed by atoms with Gasteiger partial charge in [0.25, 0.3) is 5.91 Å². The van der Waals surface area contributed by atoms with Crippen molar-refractivity contribution in [2.45, 2.75) is 37.6 Å². The summed E-state index contributed by atoms with van der Waals surface area (Å²) in [6.07, 6.45) is 5.50. The molecule has 2 aliphatic rings. The molecule has 1 amide bonds.